The van der Waals surface area contributed by atoms with E-state index >= 15 is 0 Å². The fourth-order valence-corrected chi connectivity index (χ4v) is 6.31. The number of hydrogen-bond acceptors (Lipinski definition) is 3. The number of carbonyl (C=O) groups excluding carboxylic acids is 2. The second-order valence-corrected chi connectivity index (χ2v) is 9.77. The number of rotatable bonds is 3. The number of ether oxygens (including phenoxy) is 1. The second-order valence-electron chi connectivity index (χ2n) is 9.77. The van der Waals surface area contributed by atoms with Crippen LogP contribution in [0.25, 0.3) is 0 Å². The van der Waals surface area contributed by atoms with Gasteiger partial charge >= 0.3 is 0 Å². The van der Waals surface area contributed by atoms with Gasteiger partial charge in [-0.3, -0.25) is 9.59 Å². The van der Waals surface area contributed by atoms with Gasteiger partial charge in [-0.15, -0.1) is 0 Å². The molecule has 0 unspecified atom stereocenters. The van der Waals surface area contributed by atoms with Crippen LogP contribution in [0.4, 0.5) is 8.78 Å². The summed E-state index contributed by atoms with van der Waals surface area (Å²) in [6.45, 7) is 3.98. The Morgan fingerprint density at radius 2 is 1.71 bits per heavy atom. The maximum atomic E-state index is 14.9. The average molecular weight is 469 g/mol. The number of benzene rings is 2. The van der Waals surface area contributed by atoms with Crippen LogP contribution in [0, 0.1) is 17.6 Å². The van der Waals surface area contributed by atoms with Crippen molar-refractivity contribution in [2.24, 2.45) is 5.92 Å². The zero-order valence-corrected chi connectivity index (χ0v) is 19.4. The molecule has 3 heterocycles. The fourth-order valence-electron chi connectivity index (χ4n) is 6.31. The Labute approximate surface area is 198 Å². The summed E-state index contributed by atoms with van der Waals surface area (Å²) in [5.41, 5.74) is 0.474. The van der Waals surface area contributed by atoms with Gasteiger partial charge in [-0.25, -0.2) is 8.78 Å². The molecule has 3 saturated heterocycles. The van der Waals surface area contributed by atoms with Crippen LogP contribution in [0.5, 0.6) is 0 Å². The fraction of sp³-hybridized carbons (Fsp3) is 0.481. The van der Waals surface area contributed by atoms with Crippen LogP contribution in [0.2, 0.25) is 0 Å². The van der Waals surface area contributed by atoms with Crippen molar-refractivity contribution in [3.05, 3.63) is 71.3 Å². The zero-order chi connectivity index (χ0) is 23.9. The third kappa shape index (κ3) is 3.90. The van der Waals surface area contributed by atoms with E-state index in [9.17, 15) is 18.4 Å². The SMILES string of the molecule is CC(=O)N1C[C@H](c2ccc(F)cc2)[C@H]2CN(C(=O)C3(c4ccccc4F)CCOCC3)CC[C@H]21. The van der Waals surface area contributed by atoms with E-state index in [1.54, 1.807) is 37.3 Å². The Bertz CT molecular complexity index is 1070. The van der Waals surface area contributed by atoms with Gasteiger partial charge in [0.15, 0.2) is 0 Å². The maximum absolute atomic E-state index is 14.9. The second kappa shape index (κ2) is 9.10. The van der Waals surface area contributed by atoms with Crippen molar-refractivity contribution in [1.82, 2.24) is 9.80 Å². The van der Waals surface area contributed by atoms with Crippen molar-refractivity contribution < 1.29 is 23.1 Å². The van der Waals surface area contributed by atoms with E-state index in [0.717, 1.165) is 5.56 Å². The summed E-state index contributed by atoms with van der Waals surface area (Å²) in [7, 11) is 0. The van der Waals surface area contributed by atoms with Crippen LogP contribution in [-0.2, 0) is 19.7 Å². The number of halogens is 2. The van der Waals surface area contributed by atoms with Crippen molar-refractivity contribution in [2.75, 3.05) is 32.8 Å². The predicted molar refractivity (Wildman–Crippen MR) is 123 cm³/mol. The molecule has 0 spiro atoms. The molecular formula is C27H30F2N2O3. The van der Waals surface area contributed by atoms with Crippen LogP contribution in [0.1, 0.15) is 43.2 Å². The zero-order valence-electron chi connectivity index (χ0n) is 19.4. The number of piperidine rings is 1. The lowest BCUT2D eigenvalue weighted by molar-refractivity contribution is -0.144. The van der Waals surface area contributed by atoms with Gasteiger partial charge in [0.1, 0.15) is 11.6 Å². The third-order valence-corrected chi connectivity index (χ3v) is 8.07. The summed E-state index contributed by atoms with van der Waals surface area (Å²) >= 11 is 0. The van der Waals surface area contributed by atoms with Crippen molar-refractivity contribution in [2.45, 2.75) is 43.6 Å². The van der Waals surface area contributed by atoms with E-state index < -0.39 is 5.41 Å². The van der Waals surface area contributed by atoms with Crippen molar-refractivity contribution in [3.63, 3.8) is 0 Å². The molecule has 3 fully saturated rings. The molecule has 0 aliphatic carbocycles. The lowest BCUT2D eigenvalue weighted by Crippen LogP contribution is -2.56. The summed E-state index contributed by atoms with van der Waals surface area (Å²) in [4.78, 5) is 30.3. The number of nitrogens with zero attached hydrogens (tertiary/aromatic N) is 2. The lowest BCUT2D eigenvalue weighted by atomic mass is 9.72. The highest BCUT2D eigenvalue weighted by Crippen LogP contribution is 2.44. The highest BCUT2D eigenvalue weighted by molar-refractivity contribution is 5.89. The van der Waals surface area contributed by atoms with E-state index in [2.05, 4.69) is 0 Å². The normalized spacial score (nSPS) is 26.3. The summed E-state index contributed by atoms with van der Waals surface area (Å²) in [6, 6.07) is 13.0. The molecule has 2 aromatic carbocycles. The van der Waals surface area contributed by atoms with E-state index in [1.165, 1.54) is 18.2 Å². The highest BCUT2D eigenvalue weighted by atomic mass is 19.1. The lowest BCUT2D eigenvalue weighted by Gasteiger charge is -2.45. The summed E-state index contributed by atoms with van der Waals surface area (Å²) in [5.74, 6) is -0.632. The Balaban J connectivity index is 1.46. The van der Waals surface area contributed by atoms with Crippen molar-refractivity contribution in [3.8, 4) is 0 Å². The minimum Gasteiger partial charge on any atom is -0.381 e. The van der Waals surface area contributed by atoms with Crippen LogP contribution in [-0.4, -0.2) is 60.5 Å². The molecule has 0 aromatic heterocycles. The molecule has 0 bridgehead atoms. The first-order valence-electron chi connectivity index (χ1n) is 12.1. The van der Waals surface area contributed by atoms with Gasteiger partial charge in [0.05, 0.1) is 5.41 Å². The molecule has 3 aliphatic rings. The molecular weight excluding hydrogens is 438 g/mol. The minimum absolute atomic E-state index is 0.0178. The molecule has 2 amide bonds. The number of hydrogen-bond donors (Lipinski definition) is 0. The van der Waals surface area contributed by atoms with Crippen LogP contribution in [0.3, 0.4) is 0 Å². The molecule has 5 rings (SSSR count). The number of carbonyl (C=O) groups is 2. The summed E-state index contributed by atoms with van der Waals surface area (Å²) in [5, 5.41) is 0. The van der Waals surface area contributed by atoms with E-state index in [-0.39, 0.29) is 41.3 Å². The van der Waals surface area contributed by atoms with Gasteiger partial charge in [-0.2, -0.15) is 0 Å². The molecule has 0 saturated carbocycles. The quantitative estimate of drug-likeness (QED) is 0.687. The number of amides is 2. The summed E-state index contributed by atoms with van der Waals surface area (Å²) < 4.78 is 34.0. The molecule has 3 aliphatic heterocycles. The van der Waals surface area contributed by atoms with Crippen molar-refractivity contribution in [1.29, 1.82) is 0 Å². The molecule has 3 atom stereocenters. The van der Waals surface area contributed by atoms with Crippen molar-refractivity contribution >= 4 is 11.8 Å². The number of fused-ring (bicyclic) bond motifs is 1. The first-order valence-corrected chi connectivity index (χ1v) is 12.1. The van der Waals surface area contributed by atoms with Gasteiger partial charge < -0.3 is 14.5 Å². The van der Waals surface area contributed by atoms with Gasteiger partial charge in [0.25, 0.3) is 0 Å². The molecule has 0 radical (unpaired) electrons. The standard InChI is InChI=1S/C27H30F2N2O3/c1-18(32)31-17-21(19-6-8-20(28)9-7-19)22-16-30(13-10-25(22)31)26(33)27(11-14-34-15-12-27)23-4-2-3-5-24(23)29/h2-9,21-22,25H,10-17H2,1H3/t21-,22-,25-/m1/s1. The first-order chi connectivity index (χ1) is 16.4. The minimum atomic E-state index is -0.944. The molecule has 34 heavy (non-hydrogen) atoms. The Hall–Kier alpha value is -2.80. The van der Waals surface area contributed by atoms with E-state index in [4.69, 9.17) is 4.74 Å². The third-order valence-electron chi connectivity index (χ3n) is 8.07. The molecule has 5 nitrogen and oxygen atoms in total. The highest BCUT2D eigenvalue weighted by Gasteiger charge is 2.51. The van der Waals surface area contributed by atoms with E-state index in [1.807, 2.05) is 9.80 Å². The Morgan fingerprint density at radius 1 is 1.00 bits per heavy atom. The molecule has 0 N–H and O–H groups in total. The van der Waals surface area contributed by atoms with Gasteiger partial charge in [0, 0.05) is 63.2 Å². The van der Waals surface area contributed by atoms with Crippen LogP contribution < -0.4 is 0 Å². The van der Waals surface area contributed by atoms with Gasteiger partial charge in [0.2, 0.25) is 11.8 Å². The Kier molecular flexibility index (Phi) is 6.15. The average Bonchev–Trinajstić information content (AvgIpc) is 3.24. The smallest absolute Gasteiger partial charge is 0.233 e. The number of likely N-dealkylation sites (tertiary alicyclic amines) is 2. The first kappa shape index (κ1) is 23.0. The maximum Gasteiger partial charge on any atom is 0.233 e. The van der Waals surface area contributed by atoms with Gasteiger partial charge in [-0.05, 0) is 43.0 Å². The predicted octanol–water partition coefficient (Wildman–Crippen LogP) is 3.88. The van der Waals surface area contributed by atoms with Crippen LogP contribution in [0.15, 0.2) is 48.5 Å². The van der Waals surface area contributed by atoms with Gasteiger partial charge in [-0.1, -0.05) is 30.3 Å². The monoisotopic (exact) mass is 468 g/mol. The Morgan fingerprint density at radius 3 is 2.38 bits per heavy atom. The summed E-state index contributed by atoms with van der Waals surface area (Å²) in [6.07, 6.45) is 1.56. The topological polar surface area (TPSA) is 49.9 Å². The van der Waals surface area contributed by atoms with E-state index in [0.29, 0.717) is 57.7 Å². The molecule has 2 aromatic rings. The largest absolute Gasteiger partial charge is 0.381 e. The molecule has 7 heteroatoms. The van der Waals surface area contributed by atoms with Crippen LogP contribution >= 0.6 is 0 Å². The molecule has 180 valence electrons.